The minimum Gasteiger partial charge on any atom is -0.481 e. The zero-order chi connectivity index (χ0) is 16.3. The molecule has 118 valence electrons. The van der Waals surface area contributed by atoms with E-state index in [4.69, 9.17) is 0 Å². The second-order valence-corrected chi connectivity index (χ2v) is 7.01. The zero-order valence-electron chi connectivity index (χ0n) is 13.1. The van der Waals surface area contributed by atoms with Gasteiger partial charge in [0.1, 0.15) is 0 Å². The highest BCUT2D eigenvalue weighted by Gasteiger charge is 2.44. The second-order valence-electron chi connectivity index (χ2n) is 6.07. The van der Waals surface area contributed by atoms with Crippen LogP contribution in [0.25, 0.3) is 0 Å². The van der Waals surface area contributed by atoms with Crippen LogP contribution in [0.15, 0.2) is 5.38 Å². The number of carboxylic acid groups (broad SMARTS) is 1. The summed E-state index contributed by atoms with van der Waals surface area (Å²) >= 11 is 1.56. The van der Waals surface area contributed by atoms with Crippen molar-refractivity contribution >= 4 is 23.3 Å². The maximum absolute atomic E-state index is 11.9. The maximum atomic E-state index is 11.9. The highest BCUT2D eigenvalue weighted by Crippen LogP contribution is 2.30. The summed E-state index contributed by atoms with van der Waals surface area (Å²) in [6, 6.07) is -0.373. The van der Waals surface area contributed by atoms with Crippen molar-refractivity contribution in [1.29, 1.82) is 0 Å². The Morgan fingerprint density at radius 2 is 1.95 bits per heavy atom. The normalized spacial score (nSPS) is 12.0. The Morgan fingerprint density at radius 3 is 2.43 bits per heavy atom. The minimum absolute atomic E-state index is 0.373. The molecule has 6 nitrogen and oxygen atoms in total. The van der Waals surface area contributed by atoms with Crippen molar-refractivity contribution in [2.75, 3.05) is 6.54 Å². The molecule has 21 heavy (non-hydrogen) atoms. The van der Waals surface area contributed by atoms with Gasteiger partial charge < -0.3 is 15.7 Å². The first-order chi connectivity index (χ1) is 9.56. The number of nitrogens with zero attached hydrogens (tertiary/aromatic N) is 1. The van der Waals surface area contributed by atoms with Crippen molar-refractivity contribution in [3.05, 3.63) is 16.1 Å². The molecule has 0 saturated heterocycles. The lowest BCUT2D eigenvalue weighted by molar-refractivity contribution is -0.150. The van der Waals surface area contributed by atoms with Crippen LogP contribution in [-0.2, 0) is 11.2 Å². The molecule has 0 bridgehead atoms. The SMILES string of the molecule is Cc1csc(CCNC(=O)NC(C)(C)C(C)(C)C(=O)O)n1. The number of amides is 2. The zero-order valence-corrected chi connectivity index (χ0v) is 13.9. The lowest BCUT2D eigenvalue weighted by Gasteiger charge is -2.38. The molecular weight excluding hydrogens is 290 g/mol. The van der Waals surface area contributed by atoms with Gasteiger partial charge in [-0.25, -0.2) is 9.78 Å². The number of rotatable bonds is 6. The monoisotopic (exact) mass is 313 g/mol. The molecule has 2 amide bonds. The summed E-state index contributed by atoms with van der Waals surface area (Å²) in [7, 11) is 0. The molecule has 7 heteroatoms. The first-order valence-electron chi connectivity index (χ1n) is 6.76. The van der Waals surface area contributed by atoms with Crippen LogP contribution in [0.5, 0.6) is 0 Å². The Kier molecular flexibility index (Phi) is 5.33. The fourth-order valence-electron chi connectivity index (χ4n) is 1.55. The van der Waals surface area contributed by atoms with E-state index in [0.717, 1.165) is 10.7 Å². The quantitative estimate of drug-likeness (QED) is 0.750. The molecule has 0 fully saturated rings. The number of nitrogens with one attached hydrogen (secondary N) is 2. The van der Waals surface area contributed by atoms with E-state index in [9.17, 15) is 14.7 Å². The lowest BCUT2D eigenvalue weighted by atomic mass is 9.74. The fourth-order valence-corrected chi connectivity index (χ4v) is 2.33. The van der Waals surface area contributed by atoms with Crippen LogP contribution in [-0.4, -0.2) is 34.2 Å². The summed E-state index contributed by atoms with van der Waals surface area (Å²) in [6.45, 7) is 8.97. The Bertz CT molecular complexity index is 523. The topological polar surface area (TPSA) is 91.3 Å². The van der Waals surface area contributed by atoms with Gasteiger partial charge in [-0.1, -0.05) is 0 Å². The standard InChI is InChI=1S/C14H23N3O3S/c1-9-8-21-10(16-9)6-7-15-12(20)17-14(4,5)13(2,3)11(18)19/h8H,6-7H2,1-5H3,(H,18,19)(H2,15,17,20). The third kappa shape index (κ3) is 4.42. The molecule has 0 aliphatic rings. The number of carbonyl (C=O) groups excluding carboxylic acids is 1. The van der Waals surface area contributed by atoms with Crippen LogP contribution in [0.1, 0.15) is 38.4 Å². The molecule has 0 atom stereocenters. The highest BCUT2D eigenvalue weighted by atomic mass is 32.1. The number of carboxylic acids is 1. The van der Waals surface area contributed by atoms with Gasteiger partial charge in [0, 0.05) is 24.0 Å². The van der Waals surface area contributed by atoms with Gasteiger partial charge in [0.05, 0.1) is 16.0 Å². The first kappa shape index (κ1) is 17.4. The van der Waals surface area contributed by atoms with Gasteiger partial charge in [-0.3, -0.25) is 4.79 Å². The van der Waals surface area contributed by atoms with E-state index in [0.29, 0.717) is 13.0 Å². The van der Waals surface area contributed by atoms with Crippen molar-refractivity contribution in [2.24, 2.45) is 5.41 Å². The average molecular weight is 313 g/mol. The number of thiazole rings is 1. The van der Waals surface area contributed by atoms with Crippen molar-refractivity contribution < 1.29 is 14.7 Å². The first-order valence-corrected chi connectivity index (χ1v) is 7.64. The molecule has 1 aromatic rings. The van der Waals surface area contributed by atoms with Crippen molar-refractivity contribution in [3.63, 3.8) is 0 Å². The summed E-state index contributed by atoms with van der Waals surface area (Å²) in [5.41, 5.74) is -0.971. The third-order valence-corrected chi connectivity index (χ3v) is 4.84. The molecule has 0 spiro atoms. The van der Waals surface area contributed by atoms with Crippen LogP contribution >= 0.6 is 11.3 Å². The number of hydrogen-bond acceptors (Lipinski definition) is 4. The summed E-state index contributed by atoms with van der Waals surface area (Å²) < 4.78 is 0. The maximum Gasteiger partial charge on any atom is 0.315 e. The van der Waals surface area contributed by atoms with Crippen LogP contribution in [0.3, 0.4) is 0 Å². The van der Waals surface area contributed by atoms with E-state index in [2.05, 4.69) is 15.6 Å². The Hall–Kier alpha value is -1.63. The van der Waals surface area contributed by atoms with E-state index >= 15 is 0 Å². The van der Waals surface area contributed by atoms with E-state index in [1.165, 1.54) is 0 Å². The van der Waals surface area contributed by atoms with Crippen LogP contribution in [0, 0.1) is 12.3 Å². The number of aromatic nitrogens is 1. The van der Waals surface area contributed by atoms with Crippen molar-refractivity contribution in [3.8, 4) is 0 Å². The van der Waals surface area contributed by atoms with E-state index in [1.54, 1.807) is 39.0 Å². The smallest absolute Gasteiger partial charge is 0.315 e. The van der Waals surface area contributed by atoms with Gasteiger partial charge in [0.15, 0.2) is 0 Å². The van der Waals surface area contributed by atoms with Crippen LogP contribution in [0.2, 0.25) is 0 Å². The molecule has 0 aliphatic heterocycles. The van der Waals surface area contributed by atoms with Crippen LogP contribution in [0.4, 0.5) is 4.79 Å². The average Bonchev–Trinajstić information content (AvgIpc) is 2.73. The van der Waals surface area contributed by atoms with Gasteiger partial charge in [-0.2, -0.15) is 0 Å². The van der Waals surface area contributed by atoms with E-state index in [1.807, 2.05) is 12.3 Å². The minimum atomic E-state index is -1.07. The molecular formula is C14H23N3O3S. The summed E-state index contributed by atoms with van der Waals surface area (Å²) in [6.07, 6.45) is 0.661. The predicted octanol–water partition coefficient (Wildman–Crippen LogP) is 2.18. The molecule has 1 aromatic heterocycles. The number of urea groups is 1. The lowest BCUT2D eigenvalue weighted by Crippen LogP contribution is -2.59. The molecule has 1 rings (SSSR count). The number of carbonyl (C=O) groups is 2. The third-order valence-electron chi connectivity index (χ3n) is 3.81. The number of hydrogen-bond donors (Lipinski definition) is 3. The molecule has 1 heterocycles. The summed E-state index contributed by atoms with van der Waals surface area (Å²) in [4.78, 5) is 27.5. The van der Waals surface area contributed by atoms with Crippen LogP contribution < -0.4 is 10.6 Å². The summed E-state index contributed by atoms with van der Waals surface area (Å²) in [5, 5.41) is 17.6. The highest BCUT2D eigenvalue weighted by molar-refractivity contribution is 7.09. The van der Waals surface area contributed by atoms with Crippen molar-refractivity contribution in [1.82, 2.24) is 15.6 Å². The van der Waals surface area contributed by atoms with Gasteiger partial charge in [-0.05, 0) is 34.6 Å². The van der Waals surface area contributed by atoms with E-state index < -0.39 is 16.9 Å². The van der Waals surface area contributed by atoms with E-state index in [-0.39, 0.29) is 6.03 Å². The Morgan fingerprint density at radius 1 is 1.33 bits per heavy atom. The van der Waals surface area contributed by atoms with Gasteiger partial charge in [0.2, 0.25) is 0 Å². The Labute approximate surface area is 129 Å². The van der Waals surface area contributed by atoms with Gasteiger partial charge in [0.25, 0.3) is 0 Å². The fraction of sp³-hybridized carbons (Fsp3) is 0.643. The molecule has 0 aliphatic carbocycles. The van der Waals surface area contributed by atoms with Gasteiger partial charge in [-0.15, -0.1) is 11.3 Å². The summed E-state index contributed by atoms with van der Waals surface area (Å²) in [5.74, 6) is -0.953. The Balaban J connectivity index is 2.48. The van der Waals surface area contributed by atoms with Crippen molar-refractivity contribution in [2.45, 2.75) is 46.6 Å². The second kappa shape index (κ2) is 6.43. The molecule has 0 saturated carbocycles. The number of aliphatic carboxylic acids is 1. The molecule has 0 aromatic carbocycles. The predicted molar refractivity (Wildman–Crippen MR) is 82.6 cm³/mol. The van der Waals surface area contributed by atoms with Gasteiger partial charge >= 0.3 is 12.0 Å². The molecule has 3 N–H and O–H groups in total. The molecule has 0 unspecified atom stereocenters. The number of aryl methyl sites for hydroxylation is 1. The largest absolute Gasteiger partial charge is 0.481 e. The molecule has 0 radical (unpaired) electrons.